The van der Waals surface area contributed by atoms with E-state index in [-0.39, 0.29) is 17.4 Å². The fourth-order valence-electron chi connectivity index (χ4n) is 1.40. The summed E-state index contributed by atoms with van der Waals surface area (Å²) >= 11 is 4.81. The molecular weight excluding hydrogens is 238 g/mol. The van der Waals surface area contributed by atoms with Crippen molar-refractivity contribution >= 4 is 23.1 Å². The Labute approximate surface area is 106 Å². The van der Waals surface area contributed by atoms with Crippen LogP contribution in [0.25, 0.3) is 0 Å². The Morgan fingerprint density at radius 3 is 2.88 bits per heavy atom. The highest BCUT2D eigenvalue weighted by atomic mass is 32.1. The predicted molar refractivity (Wildman–Crippen MR) is 69.2 cm³/mol. The van der Waals surface area contributed by atoms with Crippen molar-refractivity contribution in [2.75, 3.05) is 20.2 Å². The van der Waals surface area contributed by atoms with Crippen LogP contribution < -0.4 is 10.5 Å². The number of nitrogens with zero attached hydrogens (tertiary/aromatic N) is 2. The van der Waals surface area contributed by atoms with Gasteiger partial charge in [0.25, 0.3) is 5.91 Å². The van der Waals surface area contributed by atoms with E-state index in [1.807, 2.05) is 6.92 Å². The summed E-state index contributed by atoms with van der Waals surface area (Å²) in [7, 11) is 1.48. The number of methoxy groups -OCH3 is 1. The summed E-state index contributed by atoms with van der Waals surface area (Å²) in [5.74, 6) is 0.115. The smallest absolute Gasteiger partial charge is 0.259 e. The maximum Gasteiger partial charge on any atom is 0.259 e. The summed E-state index contributed by atoms with van der Waals surface area (Å²) in [6, 6.07) is 3.35. The average molecular weight is 253 g/mol. The van der Waals surface area contributed by atoms with Crippen molar-refractivity contribution in [1.29, 1.82) is 0 Å². The molecule has 1 amide bonds. The molecule has 0 unspecified atom stereocenters. The number of amides is 1. The molecule has 0 spiro atoms. The third-order valence-electron chi connectivity index (χ3n) is 2.21. The molecule has 6 heteroatoms. The van der Waals surface area contributed by atoms with Crippen LogP contribution >= 0.6 is 12.2 Å². The summed E-state index contributed by atoms with van der Waals surface area (Å²) < 4.78 is 5.04. The lowest BCUT2D eigenvalue weighted by molar-refractivity contribution is 0.0783. The molecule has 92 valence electrons. The number of aromatic nitrogens is 1. The first-order valence-electron chi connectivity index (χ1n) is 5.16. The van der Waals surface area contributed by atoms with Gasteiger partial charge in [-0.1, -0.05) is 12.2 Å². The van der Waals surface area contributed by atoms with E-state index in [1.165, 1.54) is 7.11 Å². The van der Waals surface area contributed by atoms with Gasteiger partial charge < -0.3 is 15.4 Å². The number of ether oxygens (including phenoxy) is 1. The molecule has 5 nitrogen and oxygen atoms in total. The van der Waals surface area contributed by atoms with Gasteiger partial charge in [-0.25, -0.2) is 4.98 Å². The predicted octanol–water partition coefficient (Wildman–Crippen LogP) is 0.838. The van der Waals surface area contributed by atoms with Gasteiger partial charge in [0.1, 0.15) is 5.56 Å². The van der Waals surface area contributed by atoms with E-state index in [4.69, 9.17) is 22.7 Å². The molecule has 1 heterocycles. The molecule has 1 aromatic rings. The Bertz CT molecular complexity index is 423. The summed E-state index contributed by atoms with van der Waals surface area (Å²) in [5, 5.41) is 0. The summed E-state index contributed by atoms with van der Waals surface area (Å²) in [5.41, 5.74) is 5.86. The van der Waals surface area contributed by atoms with Gasteiger partial charge in [-0.3, -0.25) is 4.79 Å². The molecule has 0 radical (unpaired) electrons. The molecule has 17 heavy (non-hydrogen) atoms. The fraction of sp³-hybridized carbons (Fsp3) is 0.364. The Morgan fingerprint density at radius 2 is 2.35 bits per heavy atom. The molecule has 0 fully saturated rings. The summed E-state index contributed by atoms with van der Waals surface area (Å²) in [6.45, 7) is 2.63. The fourth-order valence-corrected chi connectivity index (χ4v) is 1.56. The van der Waals surface area contributed by atoms with Crippen molar-refractivity contribution in [3.05, 3.63) is 23.9 Å². The summed E-state index contributed by atoms with van der Waals surface area (Å²) in [6.07, 6.45) is 1.57. The number of carbonyl (C=O) groups is 1. The van der Waals surface area contributed by atoms with Crippen molar-refractivity contribution in [2.24, 2.45) is 5.73 Å². The maximum absolute atomic E-state index is 12.2. The molecule has 0 aromatic carbocycles. The lowest BCUT2D eigenvalue weighted by Crippen LogP contribution is -2.37. The highest BCUT2D eigenvalue weighted by Crippen LogP contribution is 2.15. The van der Waals surface area contributed by atoms with Crippen LogP contribution in [0.5, 0.6) is 5.88 Å². The highest BCUT2D eigenvalue weighted by Gasteiger charge is 2.19. The van der Waals surface area contributed by atoms with Crippen LogP contribution in [-0.4, -0.2) is 41.0 Å². The molecule has 0 bridgehead atoms. The Balaban J connectivity index is 2.97. The second-order valence-electron chi connectivity index (χ2n) is 3.35. The molecule has 0 atom stereocenters. The van der Waals surface area contributed by atoms with Crippen molar-refractivity contribution in [1.82, 2.24) is 9.88 Å². The number of carbonyl (C=O) groups excluding carboxylic acids is 1. The molecule has 1 aromatic heterocycles. The number of hydrogen-bond donors (Lipinski definition) is 1. The zero-order chi connectivity index (χ0) is 12.8. The van der Waals surface area contributed by atoms with E-state index >= 15 is 0 Å². The first-order valence-corrected chi connectivity index (χ1v) is 5.57. The van der Waals surface area contributed by atoms with Crippen LogP contribution in [0.2, 0.25) is 0 Å². The Hall–Kier alpha value is -1.69. The minimum absolute atomic E-state index is 0.190. The number of likely N-dealkylation sites (N-methyl/N-ethyl adjacent to an activating group) is 1. The highest BCUT2D eigenvalue weighted by molar-refractivity contribution is 7.80. The van der Waals surface area contributed by atoms with Crippen LogP contribution in [0, 0.1) is 0 Å². The van der Waals surface area contributed by atoms with E-state index in [0.29, 0.717) is 18.0 Å². The summed E-state index contributed by atoms with van der Waals surface area (Å²) in [4.78, 5) is 18.0. The van der Waals surface area contributed by atoms with E-state index in [9.17, 15) is 4.79 Å². The molecule has 0 saturated carbocycles. The van der Waals surface area contributed by atoms with Gasteiger partial charge >= 0.3 is 0 Å². The third kappa shape index (κ3) is 3.39. The first kappa shape index (κ1) is 13.4. The standard InChI is InChI=1S/C11H15N3O2S/c1-3-14(7-9(12)17)11(15)8-5-4-6-13-10(8)16-2/h4-6H,3,7H2,1-2H3,(H2,12,17). The third-order valence-corrected chi connectivity index (χ3v) is 2.34. The molecular formula is C11H15N3O2S. The average Bonchev–Trinajstić information content (AvgIpc) is 2.34. The van der Waals surface area contributed by atoms with Gasteiger partial charge in [-0.2, -0.15) is 0 Å². The number of pyridine rings is 1. The normalized spacial score (nSPS) is 9.76. The number of thiocarbonyl (C=S) groups is 1. The number of hydrogen-bond acceptors (Lipinski definition) is 4. The van der Waals surface area contributed by atoms with E-state index < -0.39 is 0 Å². The van der Waals surface area contributed by atoms with E-state index in [0.717, 1.165) is 0 Å². The number of nitrogens with two attached hydrogens (primary N) is 1. The van der Waals surface area contributed by atoms with Crippen LogP contribution in [-0.2, 0) is 0 Å². The van der Waals surface area contributed by atoms with Crippen LogP contribution in [0.4, 0.5) is 0 Å². The second kappa shape index (κ2) is 6.15. The molecule has 0 aliphatic heterocycles. The minimum atomic E-state index is -0.190. The van der Waals surface area contributed by atoms with Gasteiger partial charge in [-0.05, 0) is 19.1 Å². The van der Waals surface area contributed by atoms with Crippen LogP contribution in [0.3, 0.4) is 0 Å². The van der Waals surface area contributed by atoms with Gasteiger partial charge in [0.05, 0.1) is 18.6 Å². The van der Waals surface area contributed by atoms with Crippen molar-refractivity contribution in [2.45, 2.75) is 6.92 Å². The molecule has 1 rings (SSSR count). The molecule has 0 saturated heterocycles. The van der Waals surface area contributed by atoms with Crippen molar-refractivity contribution in [3.63, 3.8) is 0 Å². The van der Waals surface area contributed by atoms with Gasteiger partial charge in [-0.15, -0.1) is 0 Å². The topological polar surface area (TPSA) is 68.5 Å². The lowest BCUT2D eigenvalue weighted by Gasteiger charge is -2.20. The van der Waals surface area contributed by atoms with Crippen LogP contribution in [0.15, 0.2) is 18.3 Å². The van der Waals surface area contributed by atoms with Gasteiger partial charge in [0.2, 0.25) is 5.88 Å². The maximum atomic E-state index is 12.2. The van der Waals surface area contributed by atoms with E-state index in [2.05, 4.69) is 4.98 Å². The van der Waals surface area contributed by atoms with Crippen molar-refractivity contribution in [3.8, 4) is 5.88 Å². The lowest BCUT2D eigenvalue weighted by atomic mass is 10.2. The van der Waals surface area contributed by atoms with Crippen LogP contribution in [0.1, 0.15) is 17.3 Å². The number of rotatable bonds is 5. The first-order chi connectivity index (χ1) is 8.10. The molecule has 0 aliphatic carbocycles. The monoisotopic (exact) mass is 253 g/mol. The van der Waals surface area contributed by atoms with E-state index in [1.54, 1.807) is 23.2 Å². The zero-order valence-electron chi connectivity index (χ0n) is 9.84. The van der Waals surface area contributed by atoms with Gasteiger partial charge in [0, 0.05) is 12.7 Å². The quantitative estimate of drug-likeness (QED) is 0.787. The van der Waals surface area contributed by atoms with Crippen molar-refractivity contribution < 1.29 is 9.53 Å². The Kier molecular flexibility index (Phi) is 4.84. The minimum Gasteiger partial charge on any atom is -0.480 e. The molecule has 0 aliphatic rings. The Morgan fingerprint density at radius 1 is 1.65 bits per heavy atom. The largest absolute Gasteiger partial charge is 0.480 e. The SMILES string of the molecule is CCN(CC(N)=S)C(=O)c1cccnc1OC. The molecule has 2 N–H and O–H groups in total. The zero-order valence-corrected chi connectivity index (χ0v) is 10.7. The van der Waals surface area contributed by atoms with Gasteiger partial charge in [0.15, 0.2) is 0 Å². The second-order valence-corrected chi connectivity index (χ2v) is 3.87.